The fourth-order valence-electron chi connectivity index (χ4n) is 5.04. The summed E-state index contributed by atoms with van der Waals surface area (Å²) in [7, 11) is 0. The second-order valence-electron chi connectivity index (χ2n) is 7.37. The van der Waals surface area contributed by atoms with Crippen molar-refractivity contribution in [3.8, 4) is 0 Å². The maximum Gasteiger partial charge on any atom is 0.226 e. The molecule has 1 N–H and O–H groups in total. The monoisotopic (exact) mass is 265 g/mol. The lowest BCUT2D eigenvalue weighted by atomic mass is 9.49. The fraction of sp³-hybridized carbons (Fsp3) is 0.938. The molecule has 0 aromatic carbocycles. The SMILES string of the molecule is CC(C)OCCNC(=O)C12CC3CC(CC(C3)C1)C2. The minimum absolute atomic E-state index is 0.00736. The van der Waals surface area contributed by atoms with Gasteiger partial charge < -0.3 is 10.1 Å². The summed E-state index contributed by atoms with van der Waals surface area (Å²) in [5, 5.41) is 3.13. The van der Waals surface area contributed by atoms with Gasteiger partial charge in [-0.3, -0.25) is 4.79 Å². The van der Waals surface area contributed by atoms with E-state index in [0.717, 1.165) is 37.0 Å². The van der Waals surface area contributed by atoms with Crippen LogP contribution in [-0.4, -0.2) is 25.2 Å². The van der Waals surface area contributed by atoms with Gasteiger partial charge in [-0.25, -0.2) is 0 Å². The van der Waals surface area contributed by atoms with Gasteiger partial charge in [0.2, 0.25) is 5.91 Å². The summed E-state index contributed by atoms with van der Waals surface area (Å²) in [4.78, 5) is 12.6. The maximum atomic E-state index is 12.6. The van der Waals surface area contributed by atoms with Gasteiger partial charge >= 0.3 is 0 Å². The number of carbonyl (C=O) groups excluding carboxylic acids is 1. The summed E-state index contributed by atoms with van der Waals surface area (Å²) in [5.41, 5.74) is -0.00736. The third kappa shape index (κ3) is 2.67. The van der Waals surface area contributed by atoms with E-state index in [0.29, 0.717) is 19.1 Å². The first-order valence-corrected chi connectivity index (χ1v) is 7.97. The van der Waals surface area contributed by atoms with Crippen LogP contribution in [0.4, 0.5) is 0 Å². The fourth-order valence-corrected chi connectivity index (χ4v) is 5.04. The molecule has 0 heterocycles. The number of hydrogen-bond acceptors (Lipinski definition) is 2. The van der Waals surface area contributed by atoms with Crippen molar-refractivity contribution >= 4 is 5.91 Å². The molecule has 3 heteroatoms. The van der Waals surface area contributed by atoms with E-state index >= 15 is 0 Å². The lowest BCUT2D eigenvalue weighted by molar-refractivity contribution is -0.146. The van der Waals surface area contributed by atoms with Crippen molar-refractivity contribution in [1.29, 1.82) is 0 Å². The van der Waals surface area contributed by atoms with Crippen LogP contribution in [0.2, 0.25) is 0 Å². The highest BCUT2D eigenvalue weighted by molar-refractivity contribution is 5.83. The van der Waals surface area contributed by atoms with Gasteiger partial charge in [0.15, 0.2) is 0 Å². The molecule has 108 valence electrons. The molecule has 4 aliphatic rings. The molecule has 0 aliphatic heterocycles. The van der Waals surface area contributed by atoms with Gasteiger partial charge in [-0.1, -0.05) is 0 Å². The molecule has 0 aromatic rings. The third-order valence-electron chi connectivity index (χ3n) is 5.36. The second-order valence-corrected chi connectivity index (χ2v) is 7.37. The average molecular weight is 265 g/mol. The molecular weight excluding hydrogens is 238 g/mol. The Morgan fingerprint density at radius 1 is 1.16 bits per heavy atom. The van der Waals surface area contributed by atoms with Crippen molar-refractivity contribution in [2.75, 3.05) is 13.2 Å². The van der Waals surface area contributed by atoms with Crippen molar-refractivity contribution in [3.05, 3.63) is 0 Å². The van der Waals surface area contributed by atoms with Gasteiger partial charge in [0.25, 0.3) is 0 Å². The molecule has 0 atom stereocenters. The van der Waals surface area contributed by atoms with Crippen LogP contribution in [-0.2, 0) is 9.53 Å². The van der Waals surface area contributed by atoms with Gasteiger partial charge in [0.1, 0.15) is 0 Å². The van der Waals surface area contributed by atoms with Gasteiger partial charge in [0, 0.05) is 12.0 Å². The average Bonchev–Trinajstić information content (AvgIpc) is 2.32. The molecule has 0 spiro atoms. The molecule has 0 radical (unpaired) electrons. The minimum Gasteiger partial charge on any atom is -0.377 e. The molecule has 19 heavy (non-hydrogen) atoms. The Morgan fingerprint density at radius 3 is 2.16 bits per heavy atom. The molecule has 4 fully saturated rings. The number of rotatable bonds is 5. The Labute approximate surface area is 116 Å². The summed E-state index contributed by atoms with van der Waals surface area (Å²) in [6.45, 7) is 5.36. The molecule has 4 rings (SSSR count). The van der Waals surface area contributed by atoms with Crippen molar-refractivity contribution in [2.24, 2.45) is 23.2 Å². The zero-order valence-corrected chi connectivity index (χ0v) is 12.3. The molecule has 1 amide bonds. The van der Waals surface area contributed by atoms with E-state index in [9.17, 15) is 4.79 Å². The number of ether oxygens (including phenoxy) is 1. The Morgan fingerprint density at radius 2 is 1.68 bits per heavy atom. The molecule has 4 bridgehead atoms. The Hall–Kier alpha value is -0.570. The van der Waals surface area contributed by atoms with Crippen LogP contribution in [0.1, 0.15) is 52.4 Å². The lowest BCUT2D eigenvalue weighted by Crippen LogP contribution is -2.54. The van der Waals surface area contributed by atoms with E-state index < -0.39 is 0 Å². The van der Waals surface area contributed by atoms with Gasteiger partial charge in [-0.2, -0.15) is 0 Å². The van der Waals surface area contributed by atoms with Crippen LogP contribution < -0.4 is 5.32 Å². The zero-order valence-electron chi connectivity index (χ0n) is 12.3. The molecular formula is C16H27NO2. The summed E-state index contributed by atoms with van der Waals surface area (Å²) in [6, 6.07) is 0. The molecule has 4 saturated carbocycles. The number of amides is 1. The molecule has 4 aliphatic carbocycles. The molecule has 0 aromatic heterocycles. The van der Waals surface area contributed by atoms with Gasteiger partial charge in [0.05, 0.1) is 12.7 Å². The maximum absolute atomic E-state index is 12.6. The van der Waals surface area contributed by atoms with E-state index in [4.69, 9.17) is 4.74 Å². The topological polar surface area (TPSA) is 38.3 Å². The first-order chi connectivity index (χ1) is 9.07. The first kappa shape index (κ1) is 13.4. The first-order valence-electron chi connectivity index (χ1n) is 7.97. The highest BCUT2D eigenvalue weighted by Crippen LogP contribution is 2.60. The van der Waals surface area contributed by atoms with E-state index in [1.165, 1.54) is 19.3 Å². The standard InChI is InChI=1S/C16H27NO2/c1-11(2)19-4-3-17-15(18)16-8-12-5-13(9-16)7-14(6-12)10-16/h11-14H,3-10H2,1-2H3,(H,17,18). The number of carbonyl (C=O) groups is 1. The van der Waals surface area contributed by atoms with Crippen molar-refractivity contribution in [2.45, 2.75) is 58.5 Å². The summed E-state index contributed by atoms with van der Waals surface area (Å²) in [5.74, 6) is 2.83. The minimum atomic E-state index is -0.00736. The Balaban J connectivity index is 1.54. The third-order valence-corrected chi connectivity index (χ3v) is 5.36. The van der Waals surface area contributed by atoms with Crippen LogP contribution in [0.5, 0.6) is 0 Å². The van der Waals surface area contributed by atoms with Crippen LogP contribution >= 0.6 is 0 Å². The van der Waals surface area contributed by atoms with E-state index in [1.807, 2.05) is 13.8 Å². The van der Waals surface area contributed by atoms with Crippen LogP contribution in [0, 0.1) is 23.2 Å². The smallest absolute Gasteiger partial charge is 0.226 e. The Bertz CT molecular complexity index is 315. The van der Waals surface area contributed by atoms with Crippen molar-refractivity contribution < 1.29 is 9.53 Å². The normalized spacial score (nSPS) is 39.8. The Kier molecular flexibility index (Phi) is 3.59. The molecule has 0 unspecified atom stereocenters. The predicted octanol–water partition coefficient (Wildman–Crippen LogP) is 2.74. The second kappa shape index (κ2) is 5.08. The summed E-state index contributed by atoms with van der Waals surface area (Å²) < 4.78 is 5.50. The van der Waals surface area contributed by atoms with Crippen LogP contribution in [0.3, 0.4) is 0 Å². The van der Waals surface area contributed by atoms with E-state index in [2.05, 4.69) is 5.32 Å². The van der Waals surface area contributed by atoms with Crippen molar-refractivity contribution in [3.63, 3.8) is 0 Å². The van der Waals surface area contributed by atoms with Crippen LogP contribution in [0.15, 0.2) is 0 Å². The lowest BCUT2D eigenvalue weighted by Gasteiger charge is -2.55. The van der Waals surface area contributed by atoms with Crippen molar-refractivity contribution in [1.82, 2.24) is 5.32 Å². The van der Waals surface area contributed by atoms with Gasteiger partial charge in [-0.15, -0.1) is 0 Å². The van der Waals surface area contributed by atoms with E-state index in [-0.39, 0.29) is 11.5 Å². The zero-order chi connectivity index (χ0) is 13.5. The predicted molar refractivity (Wildman–Crippen MR) is 74.7 cm³/mol. The summed E-state index contributed by atoms with van der Waals surface area (Å²) >= 11 is 0. The van der Waals surface area contributed by atoms with Crippen LogP contribution in [0.25, 0.3) is 0 Å². The highest BCUT2D eigenvalue weighted by atomic mass is 16.5. The molecule has 3 nitrogen and oxygen atoms in total. The van der Waals surface area contributed by atoms with Gasteiger partial charge in [-0.05, 0) is 70.1 Å². The largest absolute Gasteiger partial charge is 0.377 e. The summed E-state index contributed by atoms with van der Waals surface area (Å²) in [6.07, 6.45) is 7.87. The number of hydrogen-bond donors (Lipinski definition) is 1. The molecule has 0 saturated heterocycles. The quantitative estimate of drug-likeness (QED) is 0.776. The van der Waals surface area contributed by atoms with E-state index in [1.54, 1.807) is 0 Å². The number of nitrogens with one attached hydrogen (secondary N) is 1. The highest BCUT2D eigenvalue weighted by Gasteiger charge is 2.54.